The molecule has 0 bridgehead atoms. The standard InChI is InChI=1S/C14H24O2.C13H22O2/c1-10(13(15)16)9-11-5-7-12(8-6-11)14(2,3)4;1-9-5-11(6-10(2)12(14)15)8-13(3,4)7-9/h9,11-12H,5-8H2,1-4H3,(H,15,16);6,9,11H,5,7-8H2,1-4H3,(H,14,15)/b10-9+;10-6+. The van der Waals surface area contributed by atoms with Crippen molar-refractivity contribution in [2.75, 3.05) is 0 Å². The van der Waals surface area contributed by atoms with E-state index in [4.69, 9.17) is 10.2 Å². The molecule has 4 heteroatoms. The number of carboxylic acids is 2. The molecule has 2 atom stereocenters. The number of carbonyl (C=O) groups is 2. The Morgan fingerprint density at radius 2 is 1.29 bits per heavy atom. The smallest absolute Gasteiger partial charge is 0.330 e. The van der Waals surface area contributed by atoms with Crippen LogP contribution in [0.2, 0.25) is 0 Å². The number of hydrogen-bond donors (Lipinski definition) is 2. The second-order valence-electron chi connectivity index (χ2n) is 12.0. The lowest BCUT2D eigenvalue weighted by molar-refractivity contribution is -0.133. The van der Waals surface area contributed by atoms with Gasteiger partial charge in [-0.1, -0.05) is 53.7 Å². The predicted octanol–water partition coefficient (Wildman–Crippen LogP) is 7.35. The molecule has 31 heavy (non-hydrogen) atoms. The fourth-order valence-corrected chi connectivity index (χ4v) is 5.55. The Balaban J connectivity index is 0.000000311. The number of hydrogen-bond acceptors (Lipinski definition) is 2. The van der Waals surface area contributed by atoms with Crippen LogP contribution in [0.5, 0.6) is 0 Å². The highest BCUT2D eigenvalue weighted by Gasteiger charge is 2.31. The van der Waals surface area contributed by atoms with Crippen LogP contribution in [0, 0.1) is 34.5 Å². The van der Waals surface area contributed by atoms with Crippen molar-refractivity contribution in [3.05, 3.63) is 23.3 Å². The van der Waals surface area contributed by atoms with E-state index in [-0.39, 0.29) is 0 Å². The highest BCUT2D eigenvalue weighted by atomic mass is 16.4. The number of rotatable bonds is 4. The molecule has 0 spiro atoms. The van der Waals surface area contributed by atoms with Crippen LogP contribution in [0.15, 0.2) is 23.3 Å². The fourth-order valence-electron chi connectivity index (χ4n) is 5.55. The largest absolute Gasteiger partial charge is 0.478 e. The van der Waals surface area contributed by atoms with E-state index in [2.05, 4.69) is 41.5 Å². The molecule has 178 valence electrons. The van der Waals surface area contributed by atoms with Crippen LogP contribution in [0.25, 0.3) is 0 Å². The summed E-state index contributed by atoms with van der Waals surface area (Å²) in [6.45, 7) is 17.1. The summed E-state index contributed by atoms with van der Waals surface area (Å²) in [5.41, 5.74) is 1.75. The van der Waals surface area contributed by atoms with Crippen molar-refractivity contribution in [3.63, 3.8) is 0 Å². The lowest BCUT2D eigenvalue weighted by Gasteiger charge is -2.38. The topological polar surface area (TPSA) is 74.6 Å². The molecule has 2 unspecified atom stereocenters. The Morgan fingerprint density at radius 3 is 1.68 bits per heavy atom. The summed E-state index contributed by atoms with van der Waals surface area (Å²) in [6, 6.07) is 0. The molecule has 0 aromatic rings. The second-order valence-corrected chi connectivity index (χ2v) is 12.0. The maximum absolute atomic E-state index is 10.7. The SMILES string of the molecule is C/C(=C\C1CC(C)CC(C)(C)C1)C(=O)O.C/C(=C\C1CCC(C(C)(C)C)CC1)C(=O)O. The van der Waals surface area contributed by atoms with Gasteiger partial charge < -0.3 is 10.2 Å². The molecule has 2 rings (SSSR count). The number of aliphatic carboxylic acids is 2. The van der Waals surface area contributed by atoms with Crippen LogP contribution >= 0.6 is 0 Å². The Kier molecular flexibility index (Phi) is 10.0. The maximum atomic E-state index is 10.7. The minimum Gasteiger partial charge on any atom is -0.478 e. The van der Waals surface area contributed by atoms with Gasteiger partial charge >= 0.3 is 11.9 Å². The van der Waals surface area contributed by atoms with Gasteiger partial charge in [-0.15, -0.1) is 0 Å². The van der Waals surface area contributed by atoms with Crippen molar-refractivity contribution < 1.29 is 19.8 Å². The van der Waals surface area contributed by atoms with Gasteiger partial charge in [0.05, 0.1) is 0 Å². The van der Waals surface area contributed by atoms with Gasteiger partial charge in [-0.3, -0.25) is 0 Å². The maximum Gasteiger partial charge on any atom is 0.330 e. The quantitative estimate of drug-likeness (QED) is 0.454. The van der Waals surface area contributed by atoms with Crippen molar-refractivity contribution in [1.82, 2.24) is 0 Å². The molecule has 0 aliphatic heterocycles. The minimum absolute atomic E-state index is 0.359. The van der Waals surface area contributed by atoms with Crippen molar-refractivity contribution in [2.45, 2.75) is 100 Å². The highest BCUT2D eigenvalue weighted by molar-refractivity contribution is 5.86. The summed E-state index contributed by atoms with van der Waals surface area (Å²) < 4.78 is 0. The zero-order valence-corrected chi connectivity index (χ0v) is 21.1. The van der Waals surface area contributed by atoms with Crippen molar-refractivity contribution in [2.24, 2.45) is 34.5 Å². The molecule has 2 saturated carbocycles. The van der Waals surface area contributed by atoms with Gasteiger partial charge in [-0.25, -0.2) is 9.59 Å². The number of carboxylic acid groups (broad SMARTS) is 2. The molecule has 0 heterocycles. The Bertz CT molecular complexity index is 670. The first-order valence-electron chi connectivity index (χ1n) is 11.9. The van der Waals surface area contributed by atoms with Gasteiger partial charge in [0.25, 0.3) is 0 Å². The van der Waals surface area contributed by atoms with Gasteiger partial charge in [0, 0.05) is 11.1 Å². The van der Waals surface area contributed by atoms with Crippen LogP contribution in [0.1, 0.15) is 100 Å². The molecule has 0 radical (unpaired) electrons. The number of allylic oxidation sites excluding steroid dienone is 2. The highest BCUT2D eigenvalue weighted by Crippen LogP contribution is 2.42. The van der Waals surface area contributed by atoms with E-state index >= 15 is 0 Å². The monoisotopic (exact) mass is 434 g/mol. The lowest BCUT2D eigenvalue weighted by atomic mass is 9.68. The van der Waals surface area contributed by atoms with E-state index in [0.717, 1.165) is 31.6 Å². The van der Waals surface area contributed by atoms with Gasteiger partial charge in [0.2, 0.25) is 0 Å². The molecule has 2 fully saturated rings. The average Bonchev–Trinajstić information content (AvgIpc) is 2.59. The van der Waals surface area contributed by atoms with E-state index < -0.39 is 11.9 Å². The first kappa shape index (κ1) is 27.5. The summed E-state index contributed by atoms with van der Waals surface area (Å²) in [5.74, 6) is 0.859. The van der Waals surface area contributed by atoms with Crippen LogP contribution in [0.3, 0.4) is 0 Å². The summed E-state index contributed by atoms with van der Waals surface area (Å²) >= 11 is 0. The van der Waals surface area contributed by atoms with Gasteiger partial charge in [-0.2, -0.15) is 0 Å². The van der Waals surface area contributed by atoms with Crippen molar-refractivity contribution in [1.29, 1.82) is 0 Å². The van der Waals surface area contributed by atoms with E-state index in [1.807, 2.05) is 12.2 Å². The van der Waals surface area contributed by atoms with Gasteiger partial charge in [0.15, 0.2) is 0 Å². The normalized spacial score (nSPS) is 29.5. The summed E-state index contributed by atoms with van der Waals surface area (Å²) in [4.78, 5) is 21.5. The molecule has 0 amide bonds. The van der Waals surface area contributed by atoms with Crippen LogP contribution in [-0.2, 0) is 9.59 Å². The Labute approximate surface area is 190 Å². The van der Waals surface area contributed by atoms with Gasteiger partial charge in [-0.05, 0) is 93.3 Å². The minimum atomic E-state index is -0.786. The first-order valence-corrected chi connectivity index (χ1v) is 11.9. The van der Waals surface area contributed by atoms with Gasteiger partial charge in [0.1, 0.15) is 0 Å². The van der Waals surface area contributed by atoms with Crippen molar-refractivity contribution >= 4 is 11.9 Å². The van der Waals surface area contributed by atoms with Crippen molar-refractivity contribution in [3.8, 4) is 0 Å². The molecular weight excluding hydrogens is 388 g/mol. The predicted molar refractivity (Wildman–Crippen MR) is 128 cm³/mol. The first-order chi connectivity index (χ1) is 14.1. The van der Waals surface area contributed by atoms with E-state index in [1.165, 1.54) is 19.3 Å². The van der Waals surface area contributed by atoms with Crippen LogP contribution in [0.4, 0.5) is 0 Å². The third kappa shape index (κ3) is 10.1. The van der Waals surface area contributed by atoms with E-state index in [9.17, 15) is 9.59 Å². The third-order valence-corrected chi connectivity index (χ3v) is 7.06. The van der Waals surface area contributed by atoms with E-state index in [1.54, 1.807) is 13.8 Å². The molecule has 0 aromatic heterocycles. The molecular formula is C27H46O4. The van der Waals surface area contributed by atoms with Crippen LogP contribution in [-0.4, -0.2) is 22.2 Å². The molecule has 0 saturated heterocycles. The second kappa shape index (κ2) is 11.3. The molecule has 2 N–H and O–H groups in total. The molecule has 2 aliphatic rings. The lowest BCUT2D eigenvalue weighted by Crippen LogP contribution is -2.27. The zero-order chi connectivity index (χ0) is 24.0. The molecule has 0 aromatic carbocycles. The summed E-state index contributed by atoms with van der Waals surface area (Å²) in [6.07, 6.45) is 12.1. The fraction of sp³-hybridized carbons (Fsp3) is 0.778. The Morgan fingerprint density at radius 1 is 0.839 bits per heavy atom. The Hall–Kier alpha value is -1.58. The third-order valence-electron chi connectivity index (χ3n) is 7.06. The van der Waals surface area contributed by atoms with Crippen LogP contribution < -0.4 is 0 Å². The molecule has 2 aliphatic carbocycles. The summed E-state index contributed by atoms with van der Waals surface area (Å²) in [7, 11) is 0. The zero-order valence-electron chi connectivity index (χ0n) is 21.1. The van der Waals surface area contributed by atoms with E-state index in [0.29, 0.717) is 39.7 Å². The average molecular weight is 435 g/mol. The molecule has 4 nitrogen and oxygen atoms in total. The summed E-state index contributed by atoms with van der Waals surface area (Å²) in [5, 5.41) is 17.7.